The second-order valence-corrected chi connectivity index (χ2v) is 5.22. The minimum absolute atomic E-state index is 0. The zero-order valence-electron chi connectivity index (χ0n) is 12.3. The van der Waals surface area contributed by atoms with E-state index in [0.717, 1.165) is 48.9 Å². The summed E-state index contributed by atoms with van der Waals surface area (Å²) < 4.78 is 3.72. The Hall–Kier alpha value is -2.12. The van der Waals surface area contributed by atoms with E-state index in [1.165, 1.54) is 0 Å². The Labute approximate surface area is 134 Å². The number of imidazole rings is 1. The summed E-state index contributed by atoms with van der Waals surface area (Å²) in [5, 5.41) is 12.1. The molecular formula is C14H18ClN7. The van der Waals surface area contributed by atoms with E-state index in [-0.39, 0.29) is 12.4 Å². The molecule has 3 aromatic heterocycles. The summed E-state index contributed by atoms with van der Waals surface area (Å²) >= 11 is 0. The normalized spacial score (nSPS) is 15.0. The molecule has 1 aliphatic heterocycles. The van der Waals surface area contributed by atoms with Gasteiger partial charge in [0.2, 0.25) is 0 Å². The van der Waals surface area contributed by atoms with Gasteiger partial charge >= 0.3 is 0 Å². The van der Waals surface area contributed by atoms with Crippen LogP contribution < -0.4 is 10.2 Å². The number of fused-ring (bicyclic) bond motifs is 1. The first-order chi connectivity index (χ1) is 10.3. The van der Waals surface area contributed by atoms with Crippen LogP contribution in [0.4, 0.5) is 5.82 Å². The summed E-state index contributed by atoms with van der Waals surface area (Å²) in [7, 11) is 1.92. The van der Waals surface area contributed by atoms with Crippen LogP contribution in [0.2, 0.25) is 0 Å². The van der Waals surface area contributed by atoms with Crippen molar-refractivity contribution in [1.82, 2.24) is 29.7 Å². The number of rotatable bonds is 2. The Morgan fingerprint density at radius 1 is 1.18 bits per heavy atom. The Kier molecular flexibility index (Phi) is 4.00. The van der Waals surface area contributed by atoms with Gasteiger partial charge in [-0.2, -0.15) is 14.7 Å². The molecule has 0 radical (unpaired) electrons. The van der Waals surface area contributed by atoms with Crippen LogP contribution in [0.5, 0.6) is 0 Å². The standard InChI is InChI=1S/C14H17N7.ClH/c1-19-10-11(9-17-19)13-14(20-7-5-15-6-8-20)21-12(18-13)3-2-4-16-21;/h2-4,9-10,15H,5-8H2,1H3;1H. The Bertz CT molecular complexity index is 772. The third-order valence-electron chi connectivity index (χ3n) is 3.76. The number of piperazine rings is 1. The van der Waals surface area contributed by atoms with Crippen LogP contribution in [0.15, 0.2) is 30.7 Å². The number of nitrogens with zero attached hydrogens (tertiary/aromatic N) is 6. The lowest BCUT2D eigenvalue weighted by Gasteiger charge is -2.29. The highest BCUT2D eigenvalue weighted by Gasteiger charge is 2.22. The van der Waals surface area contributed by atoms with Gasteiger partial charge in [-0.05, 0) is 12.1 Å². The van der Waals surface area contributed by atoms with E-state index in [2.05, 4.69) is 20.4 Å². The molecule has 0 unspecified atom stereocenters. The van der Waals surface area contributed by atoms with Gasteiger partial charge in [0.05, 0.1) is 6.20 Å². The molecule has 4 heterocycles. The van der Waals surface area contributed by atoms with Gasteiger partial charge in [0, 0.05) is 51.2 Å². The van der Waals surface area contributed by atoms with Crippen molar-refractivity contribution in [3.8, 4) is 11.3 Å². The smallest absolute Gasteiger partial charge is 0.159 e. The maximum atomic E-state index is 4.76. The van der Waals surface area contributed by atoms with Gasteiger partial charge in [-0.3, -0.25) is 4.68 Å². The monoisotopic (exact) mass is 319 g/mol. The highest BCUT2D eigenvalue weighted by atomic mass is 35.5. The fourth-order valence-corrected chi connectivity index (χ4v) is 2.77. The van der Waals surface area contributed by atoms with Crippen molar-refractivity contribution in [3.05, 3.63) is 30.7 Å². The van der Waals surface area contributed by atoms with E-state index < -0.39 is 0 Å². The molecular weight excluding hydrogens is 302 g/mol. The molecule has 0 amide bonds. The molecule has 4 rings (SSSR count). The lowest BCUT2D eigenvalue weighted by Crippen LogP contribution is -2.44. The maximum absolute atomic E-state index is 4.76. The van der Waals surface area contributed by atoms with Crippen LogP contribution in [-0.4, -0.2) is 50.6 Å². The van der Waals surface area contributed by atoms with Gasteiger partial charge in [-0.15, -0.1) is 12.4 Å². The number of aromatic nitrogens is 5. The van der Waals surface area contributed by atoms with Crippen molar-refractivity contribution in [2.45, 2.75) is 0 Å². The summed E-state index contributed by atoms with van der Waals surface area (Å²) in [5.41, 5.74) is 2.84. The van der Waals surface area contributed by atoms with Crippen LogP contribution in [0, 0.1) is 0 Å². The quantitative estimate of drug-likeness (QED) is 0.762. The summed E-state index contributed by atoms with van der Waals surface area (Å²) in [4.78, 5) is 7.10. The molecule has 0 aliphatic carbocycles. The third-order valence-corrected chi connectivity index (χ3v) is 3.76. The Morgan fingerprint density at radius 3 is 2.73 bits per heavy atom. The molecule has 8 heteroatoms. The van der Waals surface area contributed by atoms with Crippen LogP contribution >= 0.6 is 12.4 Å². The zero-order chi connectivity index (χ0) is 14.2. The second kappa shape index (κ2) is 5.94. The maximum Gasteiger partial charge on any atom is 0.159 e. The van der Waals surface area contributed by atoms with Crippen molar-refractivity contribution in [1.29, 1.82) is 0 Å². The fourth-order valence-electron chi connectivity index (χ4n) is 2.77. The van der Waals surface area contributed by atoms with Crippen molar-refractivity contribution >= 4 is 23.9 Å². The number of aryl methyl sites for hydroxylation is 1. The average Bonchev–Trinajstić information content (AvgIpc) is 3.11. The minimum atomic E-state index is 0. The molecule has 1 fully saturated rings. The molecule has 3 aromatic rings. The molecule has 22 heavy (non-hydrogen) atoms. The number of halogens is 1. The molecule has 1 saturated heterocycles. The van der Waals surface area contributed by atoms with Gasteiger partial charge < -0.3 is 10.2 Å². The first kappa shape index (κ1) is 14.8. The number of anilines is 1. The predicted molar refractivity (Wildman–Crippen MR) is 87.5 cm³/mol. The van der Waals surface area contributed by atoms with Gasteiger partial charge in [0.1, 0.15) is 5.69 Å². The molecule has 0 atom stereocenters. The van der Waals surface area contributed by atoms with E-state index in [1.54, 1.807) is 10.9 Å². The number of hydrogen-bond donors (Lipinski definition) is 1. The second-order valence-electron chi connectivity index (χ2n) is 5.22. The lowest BCUT2D eigenvalue weighted by molar-refractivity contribution is 0.581. The molecule has 0 saturated carbocycles. The molecule has 0 spiro atoms. The van der Waals surface area contributed by atoms with E-state index in [4.69, 9.17) is 4.98 Å². The first-order valence-corrected chi connectivity index (χ1v) is 7.11. The Morgan fingerprint density at radius 2 is 2.00 bits per heavy atom. The molecule has 1 aliphatic rings. The molecule has 0 bridgehead atoms. The number of nitrogens with one attached hydrogen (secondary N) is 1. The first-order valence-electron chi connectivity index (χ1n) is 7.11. The van der Waals surface area contributed by atoms with Crippen LogP contribution in [-0.2, 0) is 7.05 Å². The highest BCUT2D eigenvalue weighted by Crippen LogP contribution is 2.30. The molecule has 1 N–H and O–H groups in total. The van der Waals surface area contributed by atoms with Crippen molar-refractivity contribution in [2.24, 2.45) is 7.05 Å². The average molecular weight is 320 g/mol. The summed E-state index contributed by atoms with van der Waals surface area (Å²) in [5.74, 6) is 1.06. The van der Waals surface area contributed by atoms with E-state index in [9.17, 15) is 0 Å². The van der Waals surface area contributed by atoms with E-state index >= 15 is 0 Å². The lowest BCUT2D eigenvalue weighted by atomic mass is 10.2. The van der Waals surface area contributed by atoms with Crippen molar-refractivity contribution in [3.63, 3.8) is 0 Å². The Balaban J connectivity index is 0.00000144. The molecule has 0 aromatic carbocycles. The van der Waals surface area contributed by atoms with Gasteiger partial charge in [0.25, 0.3) is 0 Å². The van der Waals surface area contributed by atoms with Gasteiger partial charge in [-0.25, -0.2) is 4.98 Å². The highest BCUT2D eigenvalue weighted by molar-refractivity contribution is 5.85. The number of hydrogen-bond acceptors (Lipinski definition) is 5. The zero-order valence-corrected chi connectivity index (χ0v) is 13.1. The summed E-state index contributed by atoms with van der Waals surface area (Å²) in [6, 6.07) is 3.90. The van der Waals surface area contributed by atoms with Gasteiger partial charge in [0.15, 0.2) is 11.5 Å². The summed E-state index contributed by atoms with van der Waals surface area (Å²) in [6.45, 7) is 3.87. The van der Waals surface area contributed by atoms with Crippen LogP contribution in [0.25, 0.3) is 16.9 Å². The topological polar surface area (TPSA) is 63.3 Å². The van der Waals surface area contributed by atoms with E-state index in [1.807, 2.05) is 36.1 Å². The van der Waals surface area contributed by atoms with Crippen LogP contribution in [0.1, 0.15) is 0 Å². The molecule has 116 valence electrons. The SMILES string of the molecule is Cl.Cn1cc(-c2nc3cccnn3c2N2CCNCC2)cn1. The minimum Gasteiger partial charge on any atom is -0.352 e. The van der Waals surface area contributed by atoms with Crippen LogP contribution in [0.3, 0.4) is 0 Å². The largest absolute Gasteiger partial charge is 0.352 e. The van der Waals surface area contributed by atoms with Crippen molar-refractivity contribution < 1.29 is 0 Å². The van der Waals surface area contributed by atoms with E-state index in [0.29, 0.717) is 0 Å². The third kappa shape index (κ3) is 2.42. The van der Waals surface area contributed by atoms with Gasteiger partial charge in [-0.1, -0.05) is 0 Å². The molecule has 7 nitrogen and oxygen atoms in total. The fraction of sp³-hybridized carbons (Fsp3) is 0.357. The summed E-state index contributed by atoms with van der Waals surface area (Å²) in [6.07, 6.45) is 5.65. The van der Waals surface area contributed by atoms with Crippen molar-refractivity contribution in [2.75, 3.05) is 31.1 Å². The predicted octanol–water partition coefficient (Wildman–Crippen LogP) is 0.961.